The van der Waals surface area contributed by atoms with E-state index in [1.165, 1.54) is 0 Å². The number of methoxy groups -OCH3 is 4. The van der Waals surface area contributed by atoms with Crippen molar-refractivity contribution in [1.29, 1.82) is 0 Å². The van der Waals surface area contributed by atoms with E-state index < -0.39 is 0 Å². The van der Waals surface area contributed by atoms with E-state index in [4.69, 9.17) is 18.9 Å². The smallest absolute Gasteiger partial charge is 0.204 e. The molecule has 0 aliphatic rings. The number of rotatable bonds is 8. The maximum absolute atomic E-state index is 5.82. The SMILES string of the molecule is COc1c(C=Cc2ccccc2)c(OC)c(OC)c(OC)c1C=Cc1ccccc1. The van der Waals surface area contributed by atoms with Crippen LogP contribution >= 0.6 is 0 Å². The molecular weight excluding hydrogens is 376 g/mol. The predicted molar refractivity (Wildman–Crippen MR) is 123 cm³/mol. The van der Waals surface area contributed by atoms with Crippen LogP contribution in [-0.2, 0) is 0 Å². The van der Waals surface area contributed by atoms with Gasteiger partial charge in [0.1, 0.15) is 5.75 Å². The van der Waals surface area contributed by atoms with Gasteiger partial charge in [0.2, 0.25) is 5.75 Å². The minimum atomic E-state index is 0.515. The standard InChI is InChI=1S/C26H26O4/c1-27-23-21(17-15-19-11-7-5-8-12-19)24(28-2)26(30-4)25(29-3)22(23)18-16-20-13-9-6-10-14-20/h5-18H,1-4H3. The zero-order valence-corrected chi connectivity index (χ0v) is 17.7. The van der Waals surface area contributed by atoms with Crippen LogP contribution in [0, 0.1) is 0 Å². The third-order valence-corrected chi connectivity index (χ3v) is 4.69. The Morgan fingerprint density at radius 1 is 0.433 bits per heavy atom. The van der Waals surface area contributed by atoms with Crippen LogP contribution in [0.5, 0.6) is 23.0 Å². The molecule has 0 unspecified atom stereocenters. The molecule has 0 aromatic heterocycles. The lowest BCUT2D eigenvalue weighted by molar-refractivity contribution is 0.317. The van der Waals surface area contributed by atoms with Crippen molar-refractivity contribution in [3.05, 3.63) is 82.9 Å². The first-order valence-corrected chi connectivity index (χ1v) is 9.59. The zero-order chi connectivity index (χ0) is 21.3. The lowest BCUT2D eigenvalue weighted by Gasteiger charge is -2.20. The molecule has 0 saturated carbocycles. The Balaban J connectivity index is 2.22. The van der Waals surface area contributed by atoms with E-state index in [1.807, 2.05) is 85.0 Å². The lowest BCUT2D eigenvalue weighted by Crippen LogP contribution is -2.02. The van der Waals surface area contributed by atoms with Gasteiger partial charge in [0, 0.05) is 0 Å². The second-order valence-corrected chi connectivity index (χ2v) is 6.45. The van der Waals surface area contributed by atoms with Crippen molar-refractivity contribution in [1.82, 2.24) is 0 Å². The highest BCUT2D eigenvalue weighted by Gasteiger charge is 2.25. The minimum absolute atomic E-state index is 0.515. The van der Waals surface area contributed by atoms with Crippen LogP contribution in [0.15, 0.2) is 60.7 Å². The molecule has 3 rings (SSSR count). The predicted octanol–water partition coefficient (Wildman–Crippen LogP) is 6.06. The Bertz CT molecular complexity index is 943. The molecule has 0 spiro atoms. The number of ether oxygens (including phenoxy) is 4. The molecule has 0 aliphatic heterocycles. The molecule has 3 aromatic carbocycles. The van der Waals surface area contributed by atoms with Gasteiger partial charge in [-0.05, 0) is 23.3 Å². The number of hydrogen-bond acceptors (Lipinski definition) is 4. The number of hydrogen-bond donors (Lipinski definition) is 0. The first kappa shape index (κ1) is 21.1. The minimum Gasteiger partial charge on any atom is -0.495 e. The molecule has 0 bridgehead atoms. The Hall–Kier alpha value is -3.66. The van der Waals surface area contributed by atoms with Gasteiger partial charge in [-0.3, -0.25) is 0 Å². The number of benzene rings is 3. The summed E-state index contributed by atoms with van der Waals surface area (Å²) in [4.78, 5) is 0. The van der Waals surface area contributed by atoms with Crippen molar-refractivity contribution >= 4 is 24.3 Å². The van der Waals surface area contributed by atoms with E-state index in [0.29, 0.717) is 23.0 Å². The fourth-order valence-corrected chi connectivity index (χ4v) is 3.30. The summed E-state index contributed by atoms with van der Waals surface area (Å²) < 4.78 is 22.9. The van der Waals surface area contributed by atoms with Crippen molar-refractivity contribution in [3.63, 3.8) is 0 Å². The Kier molecular flexibility index (Phi) is 7.17. The van der Waals surface area contributed by atoms with E-state index in [1.54, 1.807) is 28.4 Å². The van der Waals surface area contributed by atoms with Gasteiger partial charge in [-0.15, -0.1) is 0 Å². The highest BCUT2D eigenvalue weighted by Crippen LogP contribution is 2.50. The Morgan fingerprint density at radius 2 is 0.800 bits per heavy atom. The highest BCUT2D eigenvalue weighted by molar-refractivity contribution is 5.87. The van der Waals surface area contributed by atoms with Gasteiger partial charge in [0.25, 0.3) is 0 Å². The largest absolute Gasteiger partial charge is 0.495 e. The fourth-order valence-electron chi connectivity index (χ4n) is 3.30. The fraction of sp³-hybridized carbons (Fsp3) is 0.154. The molecule has 0 fully saturated rings. The van der Waals surface area contributed by atoms with Gasteiger partial charge in [-0.2, -0.15) is 0 Å². The molecule has 30 heavy (non-hydrogen) atoms. The second-order valence-electron chi connectivity index (χ2n) is 6.45. The molecule has 0 saturated heterocycles. The molecule has 0 radical (unpaired) electrons. The summed E-state index contributed by atoms with van der Waals surface area (Å²) in [6.45, 7) is 0. The topological polar surface area (TPSA) is 36.9 Å². The third-order valence-electron chi connectivity index (χ3n) is 4.69. The molecule has 0 heterocycles. The van der Waals surface area contributed by atoms with Gasteiger partial charge in [-0.1, -0.05) is 72.8 Å². The normalized spacial score (nSPS) is 11.1. The molecule has 0 aliphatic carbocycles. The second kappa shape index (κ2) is 10.2. The molecule has 4 heteroatoms. The van der Waals surface area contributed by atoms with E-state index in [0.717, 1.165) is 22.3 Å². The van der Waals surface area contributed by atoms with Crippen molar-refractivity contribution < 1.29 is 18.9 Å². The molecule has 0 amide bonds. The Morgan fingerprint density at radius 3 is 1.13 bits per heavy atom. The Labute approximate surface area is 178 Å². The third kappa shape index (κ3) is 4.49. The maximum Gasteiger partial charge on any atom is 0.204 e. The molecular formula is C26H26O4. The summed E-state index contributed by atoms with van der Waals surface area (Å²) in [5.74, 6) is 2.26. The first-order chi connectivity index (χ1) is 14.7. The quantitative estimate of drug-likeness (QED) is 0.429. The maximum atomic E-state index is 5.82. The van der Waals surface area contributed by atoms with Crippen LogP contribution in [0.3, 0.4) is 0 Å². The van der Waals surface area contributed by atoms with Crippen LogP contribution in [-0.4, -0.2) is 28.4 Å². The average molecular weight is 402 g/mol. The van der Waals surface area contributed by atoms with E-state index in [9.17, 15) is 0 Å². The van der Waals surface area contributed by atoms with E-state index >= 15 is 0 Å². The summed E-state index contributed by atoms with van der Waals surface area (Å²) in [5, 5.41) is 0. The van der Waals surface area contributed by atoms with Gasteiger partial charge in [0.15, 0.2) is 11.5 Å². The molecule has 3 aromatic rings. The van der Waals surface area contributed by atoms with Crippen LogP contribution < -0.4 is 18.9 Å². The summed E-state index contributed by atoms with van der Waals surface area (Å²) in [5.41, 5.74) is 3.68. The average Bonchev–Trinajstić information content (AvgIpc) is 2.81. The van der Waals surface area contributed by atoms with Gasteiger partial charge in [0.05, 0.1) is 39.6 Å². The summed E-state index contributed by atoms with van der Waals surface area (Å²) in [7, 11) is 6.45. The highest BCUT2D eigenvalue weighted by atomic mass is 16.5. The lowest BCUT2D eigenvalue weighted by atomic mass is 10.0. The molecule has 0 atom stereocenters. The van der Waals surface area contributed by atoms with Gasteiger partial charge >= 0.3 is 0 Å². The molecule has 154 valence electrons. The first-order valence-electron chi connectivity index (χ1n) is 9.59. The van der Waals surface area contributed by atoms with Crippen molar-refractivity contribution in [2.75, 3.05) is 28.4 Å². The van der Waals surface area contributed by atoms with Crippen molar-refractivity contribution in [3.8, 4) is 23.0 Å². The van der Waals surface area contributed by atoms with Crippen LogP contribution in [0.25, 0.3) is 24.3 Å². The van der Waals surface area contributed by atoms with E-state index in [2.05, 4.69) is 0 Å². The van der Waals surface area contributed by atoms with Gasteiger partial charge < -0.3 is 18.9 Å². The van der Waals surface area contributed by atoms with Crippen LogP contribution in [0.2, 0.25) is 0 Å². The summed E-state index contributed by atoms with van der Waals surface area (Å²) >= 11 is 0. The van der Waals surface area contributed by atoms with Gasteiger partial charge in [-0.25, -0.2) is 0 Å². The van der Waals surface area contributed by atoms with Crippen molar-refractivity contribution in [2.24, 2.45) is 0 Å². The van der Waals surface area contributed by atoms with Crippen LogP contribution in [0.4, 0.5) is 0 Å². The van der Waals surface area contributed by atoms with Crippen molar-refractivity contribution in [2.45, 2.75) is 0 Å². The molecule has 4 nitrogen and oxygen atoms in total. The summed E-state index contributed by atoms with van der Waals surface area (Å²) in [6, 6.07) is 20.1. The summed E-state index contributed by atoms with van der Waals surface area (Å²) in [6.07, 6.45) is 7.96. The van der Waals surface area contributed by atoms with Crippen LogP contribution in [0.1, 0.15) is 22.3 Å². The monoisotopic (exact) mass is 402 g/mol. The van der Waals surface area contributed by atoms with E-state index in [-0.39, 0.29) is 0 Å². The molecule has 0 N–H and O–H groups in total. The zero-order valence-electron chi connectivity index (χ0n) is 17.7.